The number of hydrogen-bond acceptors (Lipinski definition) is 4. The third kappa shape index (κ3) is 5.94. The number of nitrogens with zero attached hydrogens (tertiary/aromatic N) is 1. The summed E-state index contributed by atoms with van der Waals surface area (Å²) in [6.07, 6.45) is 1.69. The van der Waals surface area contributed by atoms with E-state index in [0.29, 0.717) is 32.3 Å². The lowest BCUT2D eigenvalue weighted by molar-refractivity contribution is -0.123. The number of amides is 2. The van der Waals surface area contributed by atoms with Crippen molar-refractivity contribution in [2.75, 3.05) is 0 Å². The first-order valence-electron chi connectivity index (χ1n) is 9.66. The van der Waals surface area contributed by atoms with Gasteiger partial charge in [-0.15, -0.1) is 0 Å². The number of rotatable bonds is 6. The zero-order chi connectivity index (χ0) is 23.5. The van der Waals surface area contributed by atoms with Crippen molar-refractivity contribution < 1.29 is 14.3 Å². The van der Waals surface area contributed by atoms with E-state index in [4.69, 9.17) is 39.5 Å². The summed E-state index contributed by atoms with van der Waals surface area (Å²) in [6, 6.07) is 17.8. The summed E-state index contributed by atoms with van der Waals surface area (Å²) < 4.78 is 6.58. The van der Waals surface area contributed by atoms with Gasteiger partial charge in [-0.1, -0.05) is 59.1 Å². The summed E-state index contributed by atoms with van der Waals surface area (Å²) in [5, 5.41) is 1.25. The molecule has 0 spiro atoms. The van der Waals surface area contributed by atoms with Gasteiger partial charge in [-0.05, 0) is 86.9 Å². The van der Waals surface area contributed by atoms with E-state index in [0.717, 1.165) is 32.9 Å². The molecule has 0 atom stereocenters. The maximum absolute atomic E-state index is 12.8. The van der Waals surface area contributed by atoms with E-state index in [9.17, 15) is 9.59 Å². The van der Waals surface area contributed by atoms with Crippen molar-refractivity contribution in [2.24, 2.45) is 0 Å². The zero-order valence-corrected chi connectivity index (χ0v) is 21.5. The number of imide groups is 1. The van der Waals surface area contributed by atoms with Crippen molar-refractivity contribution >= 4 is 79.7 Å². The lowest BCUT2D eigenvalue weighted by Crippen LogP contribution is -2.27. The van der Waals surface area contributed by atoms with Crippen LogP contribution in [-0.4, -0.2) is 16.0 Å². The Bertz CT molecular complexity index is 1260. The standard InChI is InChI=1S/C24H15BrCl3NO3S/c25-18-9-15(4-8-21(18)32-13-16-3-7-19(27)20(28)10-16)11-22-23(30)29(24(31)33-22)12-14-1-5-17(26)6-2-14/h1-11H,12-13H2/b22-11-. The number of thioether (sulfide) groups is 1. The predicted molar refractivity (Wildman–Crippen MR) is 138 cm³/mol. The van der Waals surface area contributed by atoms with E-state index in [-0.39, 0.29) is 17.7 Å². The van der Waals surface area contributed by atoms with Gasteiger partial charge < -0.3 is 4.74 Å². The molecule has 1 fully saturated rings. The average Bonchev–Trinajstić information content (AvgIpc) is 3.04. The molecule has 0 saturated carbocycles. The first kappa shape index (κ1) is 24.2. The molecule has 0 aromatic heterocycles. The molecule has 0 aliphatic carbocycles. The molecule has 9 heteroatoms. The number of carbonyl (C=O) groups is 2. The smallest absolute Gasteiger partial charge is 0.293 e. The van der Waals surface area contributed by atoms with E-state index in [1.807, 2.05) is 18.2 Å². The first-order valence-corrected chi connectivity index (χ1v) is 12.4. The second kappa shape index (κ2) is 10.5. The number of halogens is 4. The summed E-state index contributed by atoms with van der Waals surface area (Å²) >= 11 is 22.3. The molecule has 0 unspecified atom stereocenters. The summed E-state index contributed by atoms with van der Waals surface area (Å²) in [6.45, 7) is 0.517. The van der Waals surface area contributed by atoms with E-state index in [1.54, 1.807) is 48.5 Å². The summed E-state index contributed by atoms with van der Waals surface area (Å²) in [5.74, 6) is 0.310. The predicted octanol–water partition coefficient (Wildman–Crippen LogP) is 8.22. The summed E-state index contributed by atoms with van der Waals surface area (Å²) in [5.41, 5.74) is 2.48. The molecule has 0 radical (unpaired) electrons. The molecule has 0 bridgehead atoms. The van der Waals surface area contributed by atoms with Crippen LogP contribution in [0.1, 0.15) is 16.7 Å². The Morgan fingerprint density at radius 2 is 1.64 bits per heavy atom. The molecule has 1 aliphatic heterocycles. The fourth-order valence-electron chi connectivity index (χ4n) is 3.07. The van der Waals surface area contributed by atoms with Crippen LogP contribution in [0.15, 0.2) is 70.0 Å². The average molecular weight is 584 g/mol. The monoisotopic (exact) mass is 581 g/mol. The second-order valence-corrected chi connectivity index (χ2v) is 10.2. The van der Waals surface area contributed by atoms with Crippen LogP contribution in [0.4, 0.5) is 4.79 Å². The first-order chi connectivity index (χ1) is 15.8. The van der Waals surface area contributed by atoms with Crippen LogP contribution >= 0.6 is 62.5 Å². The molecule has 2 amide bonds. The fourth-order valence-corrected chi connectivity index (χ4v) is 4.87. The highest BCUT2D eigenvalue weighted by Crippen LogP contribution is 2.35. The zero-order valence-electron chi connectivity index (χ0n) is 16.9. The lowest BCUT2D eigenvalue weighted by Gasteiger charge is -2.12. The van der Waals surface area contributed by atoms with Gasteiger partial charge in [-0.3, -0.25) is 14.5 Å². The molecule has 1 heterocycles. The maximum Gasteiger partial charge on any atom is 0.293 e. The van der Waals surface area contributed by atoms with Crippen LogP contribution < -0.4 is 4.74 Å². The molecule has 33 heavy (non-hydrogen) atoms. The van der Waals surface area contributed by atoms with Crippen molar-refractivity contribution in [3.63, 3.8) is 0 Å². The number of ether oxygens (including phenoxy) is 1. The van der Waals surface area contributed by atoms with Crippen molar-refractivity contribution in [3.05, 3.63) is 102 Å². The van der Waals surface area contributed by atoms with Gasteiger partial charge in [0.05, 0.1) is 26.0 Å². The minimum absolute atomic E-state index is 0.199. The van der Waals surface area contributed by atoms with E-state index in [1.165, 1.54) is 4.90 Å². The Labute approximate surface area is 218 Å². The molecule has 4 nitrogen and oxygen atoms in total. The van der Waals surface area contributed by atoms with Crippen LogP contribution in [0.5, 0.6) is 5.75 Å². The van der Waals surface area contributed by atoms with E-state index < -0.39 is 0 Å². The van der Waals surface area contributed by atoms with Crippen LogP contribution in [0.3, 0.4) is 0 Å². The van der Waals surface area contributed by atoms with Gasteiger partial charge in [0.2, 0.25) is 0 Å². The number of benzene rings is 3. The van der Waals surface area contributed by atoms with Gasteiger partial charge in [-0.25, -0.2) is 0 Å². The van der Waals surface area contributed by atoms with Crippen LogP contribution in [-0.2, 0) is 17.9 Å². The van der Waals surface area contributed by atoms with Crippen LogP contribution in [0.2, 0.25) is 15.1 Å². The van der Waals surface area contributed by atoms with Gasteiger partial charge in [0.1, 0.15) is 12.4 Å². The normalized spacial score (nSPS) is 14.9. The Kier molecular flexibility index (Phi) is 7.72. The Morgan fingerprint density at radius 1 is 0.909 bits per heavy atom. The highest BCUT2D eigenvalue weighted by atomic mass is 79.9. The molecule has 3 aromatic carbocycles. The van der Waals surface area contributed by atoms with Crippen molar-refractivity contribution in [3.8, 4) is 5.75 Å². The van der Waals surface area contributed by atoms with Crippen molar-refractivity contribution in [2.45, 2.75) is 13.2 Å². The second-order valence-electron chi connectivity index (χ2n) is 7.12. The highest BCUT2D eigenvalue weighted by molar-refractivity contribution is 9.10. The molecule has 1 saturated heterocycles. The molecular formula is C24H15BrCl3NO3S. The van der Waals surface area contributed by atoms with Gasteiger partial charge >= 0.3 is 0 Å². The number of carbonyl (C=O) groups excluding carboxylic acids is 2. The molecule has 3 aromatic rings. The van der Waals surface area contributed by atoms with Crippen molar-refractivity contribution in [1.82, 2.24) is 4.90 Å². The molecule has 0 N–H and O–H groups in total. The third-order valence-electron chi connectivity index (χ3n) is 4.76. The quantitative estimate of drug-likeness (QED) is 0.274. The lowest BCUT2D eigenvalue weighted by atomic mass is 10.2. The molecule has 1 aliphatic rings. The fraction of sp³-hybridized carbons (Fsp3) is 0.0833. The minimum Gasteiger partial charge on any atom is -0.488 e. The third-order valence-corrected chi connectivity index (χ3v) is 7.28. The topological polar surface area (TPSA) is 46.6 Å². The molecule has 4 rings (SSSR count). The maximum atomic E-state index is 12.8. The number of hydrogen-bond donors (Lipinski definition) is 0. The van der Waals surface area contributed by atoms with Gasteiger partial charge in [0.15, 0.2) is 0 Å². The largest absolute Gasteiger partial charge is 0.488 e. The minimum atomic E-state index is -0.323. The Morgan fingerprint density at radius 3 is 2.33 bits per heavy atom. The molecular weight excluding hydrogens is 569 g/mol. The van der Waals surface area contributed by atoms with Crippen LogP contribution in [0, 0.1) is 0 Å². The SMILES string of the molecule is O=C1S/C(=C\c2ccc(OCc3ccc(Cl)c(Cl)c3)c(Br)c2)C(=O)N1Cc1ccc(Cl)cc1. The van der Waals surface area contributed by atoms with Crippen LogP contribution in [0.25, 0.3) is 6.08 Å². The van der Waals surface area contributed by atoms with E-state index in [2.05, 4.69) is 15.9 Å². The Balaban J connectivity index is 1.44. The molecule has 168 valence electrons. The van der Waals surface area contributed by atoms with Gasteiger partial charge in [-0.2, -0.15) is 0 Å². The van der Waals surface area contributed by atoms with Crippen molar-refractivity contribution in [1.29, 1.82) is 0 Å². The highest BCUT2D eigenvalue weighted by Gasteiger charge is 2.35. The summed E-state index contributed by atoms with van der Waals surface area (Å²) in [4.78, 5) is 26.8. The summed E-state index contributed by atoms with van der Waals surface area (Å²) in [7, 11) is 0. The van der Waals surface area contributed by atoms with Gasteiger partial charge in [0.25, 0.3) is 11.1 Å². The van der Waals surface area contributed by atoms with E-state index >= 15 is 0 Å². The Hall–Kier alpha value is -1.96. The van der Waals surface area contributed by atoms with Gasteiger partial charge in [0, 0.05) is 5.02 Å².